The number of hydrogen-bond donors (Lipinski definition) is 2. The Labute approximate surface area is 85.4 Å². The second kappa shape index (κ2) is 4.49. The SMILES string of the molecule is Nc1cc(S(=O)(=O)NCC(F)F)ccn1. The van der Waals surface area contributed by atoms with Gasteiger partial charge in [0.25, 0.3) is 6.43 Å². The number of sulfonamides is 1. The zero-order chi connectivity index (χ0) is 11.5. The standard InChI is InChI=1S/C7H9F2N3O2S/c8-6(9)4-12-15(13,14)5-1-2-11-7(10)3-5/h1-3,6,12H,4H2,(H2,10,11). The van der Waals surface area contributed by atoms with Gasteiger partial charge in [-0.25, -0.2) is 26.9 Å². The molecule has 0 unspecified atom stereocenters. The minimum absolute atomic E-state index is 0.00919. The molecular formula is C7H9F2N3O2S. The molecule has 84 valence electrons. The van der Waals surface area contributed by atoms with Crippen molar-refractivity contribution < 1.29 is 17.2 Å². The lowest BCUT2D eigenvalue weighted by Gasteiger charge is -2.05. The van der Waals surface area contributed by atoms with E-state index in [9.17, 15) is 17.2 Å². The largest absolute Gasteiger partial charge is 0.384 e. The van der Waals surface area contributed by atoms with Gasteiger partial charge in [0.05, 0.1) is 11.4 Å². The van der Waals surface area contributed by atoms with Crippen molar-refractivity contribution in [3.63, 3.8) is 0 Å². The van der Waals surface area contributed by atoms with Gasteiger partial charge in [-0.2, -0.15) is 0 Å². The quantitative estimate of drug-likeness (QED) is 0.783. The minimum atomic E-state index is -3.93. The maximum atomic E-state index is 11.8. The number of aromatic nitrogens is 1. The first-order valence-corrected chi connectivity index (χ1v) is 5.39. The molecule has 0 amide bonds. The van der Waals surface area contributed by atoms with Crippen LogP contribution >= 0.6 is 0 Å². The van der Waals surface area contributed by atoms with Crippen molar-refractivity contribution in [1.29, 1.82) is 0 Å². The Kier molecular flexibility index (Phi) is 3.53. The summed E-state index contributed by atoms with van der Waals surface area (Å²) in [6.07, 6.45) is -1.55. The molecule has 0 atom stereocenters. The molecule has 15 heavy (non-hydrogen) atoms. The third-order valence-electron chi connectivity index (χ3n) is 1.49. The molecule has 0 radical (unpaired) electrons. The summed E-state index contributed by atoms with van der Waals surface area (Å²) in [6, 6.07) is 2.26. The summed E-state index contributed by atoms with van der Waals surface area (Å²) >= 11 is 0. The van der Waals surface area contributed by atoms with Crippen LogP contribution in [0.15, 0.2) is 23.2 Å². The number of halogens is 2. The van der Waals surface area contributed by atoms with Crippen molar-refractivity contribution in [2.24, 2.45) is 0 Å². The highest BCUT2D eigenvalue weighted by atomic mass is 32.2. The van der Waals surface area contributed by atoms with E-state index in [0.717, 1.165) is 6.07 Å². The van der Waals surface area contributed by atoms with Crippen LogP contribution in [-0.4, -0.2) is 26.4 Å². The highest BCUT2D eigenvalue weighted by Crippen LogP contribution is 2.10. The van der Waals surface area contributed by atoms with Crippen LogP contribution in [0.4, 0.5) is 14.6 Å². The molecule has 0 aliphatic rings. The van der Waals surface area contributed by atoms with Crippen molar-refractivity contribution in [2.45, 2.75) is 11.3 Å². The zero-order valence-electron chi connectivity index (χ0n) is 7.52. The summed E-state index contributed by atoms with van der Waals surface area (Å²) in [5.41, 5.74) is 5.26. The molecular weight excluding hydrogens is 228 g/mol. The number of nitrogens with zero attached hydrogens (tertiary/aromatic N) is 1. The van der Waals surface area contributed by atoms with Crippen molar-refractivity contribution in [1.82, 2.24) is 9.71 Å². The molecule has 0 aliphatic carbocycles. The second-order valence-corrected chi connectivity index (χ2v) is 4.43. The summed E-state index contributed by atoms with van der Waals surface area (Å²) < 4.78 is 48.1. The average Bonchev–Trinajstić information content (AvgIpc) is 2.15. The molecule has 0 bridgehead atoms. The van der Waals surface area contributed by atoms with E-state index in [1.807, 2.05) is 0 Å². The Balaban J connectivity index is 2.87. The molecule has 0 aromatic carbocycles. The number of alkyl halides is 2. The van der Waals surface area contributed by atoms with E-state index >= 15 is 0 Å². The fourth-order valence-electron chi connectivity index (χ4n) is 0.851. The van der Waals surface area contributed by atoms with E-state index in [1.54, 1.807) is 4.72 Å². The Morgan fingerprint density at radius 3 is 2.73 bits per heavy atom. The third kappa shape index (κ3) is 3.40. The van der Waals surface area contributed by atoms with Gasteiger partial charge < -0.3 is 5.73 Å². The van der Waals surface area contributed by atoms with Crippen LogP contribution in [0.25, 0.3) is 0 Å². The number of anilines is 1. The molecule has 0 saturated carbocycles. The van der Waals surface area contributed by atoms with Gasteiger partial charge in [0, 0.05) is 12.3 Å². The molecule has 0 spiro atoms. The number of pyridine rings is 1. The molecule has 3 N–H and O–H groups in total. The maximum Gasteiger partial charge on any atom is 0.251 e. The maximum absolute atomic E-state index is 11.8. The van der Waals surface area contributed by atoms with Gasteiger partial charge in [-0.05, 0) is 6.07 Å². The van der Waals surface area contributed by atoms with Crippen LogP contribution in [0.2, 0.25) is 0 Å². The fourth-order valence-corrected chi connectivity index (χ4v) is 1.88. The van der Waals surface area contributed by atoms with Crippen molar-refractivity contribution in [3.05, 3.63) is 18.3 Å². The first-order valence-electron chi connectivity index (χ1n) is 3.91. The van der Waals surface area contributed by atoms with Gasteiger partial charge in [0.1, 0.15) is 5.82 Å². The van der Waals surface area contributed by atoms with Crippen LogP contribution in [0.5, 0.6) is 0 Å². The Bertz CT molecular complexity index is 436. The number of rotatable bonds is 4. The van der Waals surface area contributed by atoms with Gasteiger partial charge in [0.15, 0.2) is 0 Å². The van der Waals surface area contributed by atoms with Gasteiger partial charge in [-0.15, -0.1) is 0 Å². The highest BCUT2D eigenvalue weighted by Gasteiger charge is 2.16. The number of nitrogens with one attached hydrogen (secondary N) is 1. The van der Waals surface area contributed by atoms with Crippen molar-refractivity contribution in [2.75, 3.05) is 12.3 Å². The third-order valence-corrected chi connectivity index (χ3v) is 2.91. The molecule has 1 aromatic heterocycles. The Morgan fingerprint density at radius 2 is 2.20 bits per heavy atom. The fraction of sp³-hybridized carbons (Fsp3) is 0.286. The van der Waals surface area contributed by atoms with E-state index in [2.05, 4.69) is 4.98 Å². The predicted octanol–water partition coefficient (Wildman–Crippen LogP) is 0.207. The molecule has 1 rings (SSSR count). The van der Waals surface area contributed by atoms with Crippen LogP contribution in [0, 0.1) is 0 Å². The van der Waals surface area contributed by atoms with Crippen LogP contribution in [0.3, 0.4) is 0 Å². The van der Waals surface area contributed by atoms with Crippen molar-refractivity contribution >= 4 is 15.8 Å². The molecule has 0 saturated heterocycles. The summed E-state index contributed by atoms with van der Waals surface area (Å²) in [5.74, 6) is 0.00919. The van der Waals surface area contributed by atoms with Crippen LogP contribution in [0.1, 0.15) is 0 Å². The first-order chi connectivity index (χ1) is 6.92. The average molecular weight is 237 g/mol. The number of nitrogens with two attached hydrogens (primary N) is 1. The first kappa shape index (κ1) is 11.8. The van der Waals surface area contributed by atoms with E-state index in [4.69, 9.17) is 5.73 Å². The second-order valence-electron chi connectivity index (χ2n) is 2.66. The van der Waals surface area contributed by atoms with E-state index in [1.165, 1.54) is 12.3 Å². The topological polar surface area (TPSA) is 85.1 Å². The number of hydrogen-bond acceptors (Lipinski definition) is 4. The molecule has 0 fully saturated rings. The Hall–Kier alpha value is -1.28. The summed E-state index contributed by atoms with van der Waals surface area (Å²) in [4.78, 5) is 3.40. The lowest BCUT2D eigenvalue weighted by molar-refractivity contribution is 0.153. The van der Waals surface area contributed by atoms with E-state index in [-0.39, 0.29) is 10.7 Å². The normalized spacial score (nSPS) is 11.9. The minimum Gasteiger partial charge on any atom is -0.384 e. The molecule has 0 aliphatic heterocycles. The lowest BCUT2D eigenvalue weighted by atomic mass is 10.5. The molecule has 5 nitrogen and oxygen atoms in total. The van der Waals surface area contributed by atoms with Gasteiger partial charge in [-0.1, -0.05) is 0 Å². The smallest absolute Gasteiger partial charge is 0.251 e. The Morgan fingerprint density at radius 1 is 1.53 bits per heavy atom. The summed E-state index contributed by atoms with van der Waals surface area (Å²) in [5, 5.41) is 0. The van der Waals surface area contributed by atoms with Crippen LogP contribution < -0.4 is 10.5 Å². The molecule has 1 aromatic rings. The molecule has 8 heteroatoms. The molecule has 1 heterocycles. The van der Waals surface area contributed by atoms with Gasteiger partial charge in [-0.3, -0.25) is 0 Å². The summed E-state index contributed by atoms with van der Waals surface area (Å²) in [6.45, 7) is -0.926. The predicted molar refractivity (Wildman–Crippen MR) is 49.8 cm³/mol. The van der Waals surface area contributed by atoms with Gasteiger partial charge >= 0.3 is 0 Å². The van der Waals surface area contributed by atoms with E-state index < -0.39 is 23.0 Å². The van der Waals surface area contributed by atoms with Crippen molar-refractivity contribution in [3.8, 4) is 0 Å². The monoisotopic (exact) mass is 237 g/mol. The summed E-state index contributed by atoms with van der Waals surface area (Å²) in [7, 11) is -3.93. The number of nitrogen functional groups attached to an aromatic ring is 1. The lowest BCUT2D eigenvalue weighted by Crippen LogP contribution is -2.28. The van der Waals surface area contributed by atoms with Crippen LogP contribution in [-0.2, 0) is 10.0 Å². The zero-order valence-corrected chi connectivity index (χ0v) is 8.34. The van der Waals surface area contributed by atoms with Gasteiger partial charge in [0.2, 0.25) is 10.0 Å². The highest BCUT2D eigenvalue weighted by molar-refractivity contribution is 7.89. The van der Waals surface area contributed by atoms with E-state index in [0.29, 0.717) is 0 Å².